The van der Waals surface area contributed by atoms with Gasteiger partial charge in [-0.15, -0.1) is 41.0 Å². The van der Waals surface area contributed by atoms with Gasteiger partial charge in [0, 0.05) is 74.5 Å². The summed E-state index contributed by atoms with van der Waals surface area (Å²) in [4.78, 5) is 54.6. The number of pyridine rings is 6. The molecule has 0 fully saturated rings. The van der Waals surface area contributed by atoms with E-state index in [0.29, 0.717) is 79.3 Å². The van der Waals surface area contributed by atoms with Crippen LogP contribution in [-0.2, 0) is 102 Å². The maximum Gasteiger partial charge on any atom is 2.00 e. The average molecular weight is 2170 g/mol. The predicted octanol–water partition coefficient (Wildman–Crippen LogP) is 2.66. The van der Waals surface area contributed by atoms with E-state index in [1.807, 2.05) is 256 Å². The van der Waals surface area contributed by atoms with Crippen LogP contribution in [0.25, 0.3) is 0 Å². The van der Waals surface area contributed by atoms with Crippen molar-refractivity contribution in [3.05, 3.63) is 502 Å². The standard InChI is InChI=1S/3C36H34N4O2.4ClHO4.2Fe/c3*1-3-11-31(12-4-1)35(39-23-33-15-7-9-21-37-33)27-41-25-29-17-19-30(20-18-29)26-42-28-36(32-13-5-2-6-14-32)40-24-34-16-8-10-22-38-34;4*2-1(3,4)5;;/h3*1-24,35-36H,25-28H2;4*(H,2,3,4,5);;/q;;;;;;;2*+2/p-4/t3*35-,36-;;;;;;/m000....../s1. The van der Waals surface area contributed by atoms with E-state index in [4.69, 9.17) is 133 Å². The molecule has 0 radical (unpaired) electrons. The molecule has 15 aromatic rings. The number of nitrogens with zero attached hydrogens (tertiary/aromatic N) is 12. The molecule has 0 saturated heterocycles. The number of rotatable bonds is 42. The molecule has 770 valence electrons. The molecule has 15 rings (SSSR count). The van der Waals surface area contributed by atoms with Crippen molar-refractivity contribution in [3.8, 4) is 0 Å². The molecule has 6 atom stereocenters. The van der Waals surface area contributed by atoms with Crippen LogP contribution in [0.2, 0.25) is 0 Å². The van der Waals surface area contributed by atoms with Gasteiger partial charge in [-0.2, -0.15) is 0 Å². The molecule has 9 aromatic carbocycles. The molecule has 0 bridgehead atoms. The van der Waals surface area contributed by atoms with Crippen LogP contribution >= 0.6 is 0 Å². The third-order valence-electron chi connectivity index (χ3n) is 19.9. The van der Waals surface area contributed by atoms with Gasteiger partial charge in [0.05, 0.1) is 150 Å². The second-order valence-electron chi connectivity index (χ2n) is 30.8. The van der Waals surface area contributed by atoms with Crippen LogP contribution < -0.4 is 74.5 Å². The Morgan fingerprint density at radius 1 is 0.176 bits per heavy atom. The fourth-order valence-corrected chi connectivity index (χ4v) is 13.0. The average Bonchev–Trinajstić information content (AvgIpc) is 0.807. The molecule has 6 heterocycles. The zero-order chi connectivity index (χ0) is 104. The van der Waals surface area contributed by atoms with Crippen LogP contribution in [0.4, 0.5) is 0 Å². The molecule has 0 saturated carbocycles. The first-order valence-corrected chi connectivity index (χ1v) is 49.6. The third-order valence-corrected chi connectivity index (χ3v) is 19.9. The molecule has 34 nitrogen and oxygen atoms in total. The fraction of sp³-hybridized carbons (Fsp3) is 0.167. The van der Waals surface area contributed by atoms with Crippen molar-refractivity contribution in [2.75, 3.05) is 39.6 Å². The van der Waals surface area contributed by atoms with Crippen molar-refractivity contribution in [3.63, 3.8) is 0 Å². The second kappa shape index (κ2) is 69.4. The molecule has 6 aromatic heterocycles. The summed E-state index contributed by atoms with van der Waals surface area (Å²) in [6.07, 6.45) is 21.4. The summed E-state index contributed by atoms with van der Waals surface area (Å²) in [5, 5.41) is 0. The number of halogens is 4. The summed E-state index contributed by atoms with van der Waals surface area (Å²) in [5.74, 6) is 0. The van der Waals surface area contributed by atoms with Gasteiger partial charge in [-0.05, 0) is 140 Å². The Bertz CT molecular complexity index is 5210. The van der Waals surface area contributed by atoms with E-state index in [0.717, 1.165) is 101 Å². The topological polar surface area (TPSA) is 576 Å². The Morgan fingerprint density at radius 3 is 0.399 bits per heavy atom. The van der Waals surface area contributed by atoms with E-state index in [9.17, 15) is 0 Å². The molecule has 0 aliphatic rings. The first-order valence-electron chi connectivity index (χ1n) is 44.6. The van der Waals surface area contributed by atoms with Crippen LogP contribution in [-0.4, -0.2) is 107 Å². The van der Waals surface area contributed by atoms with Gasteiger partial charge in [-0.3, -0.25) is 59.9 Å². The molecule has 0 N–H and O–H groups in total. The molecule has 0 aliphatic carbocycles. The van der Waals surface area contributed by atoms with E-state index in [2.05, 4.69) is 175 Å². The Balaban J connectivity index is 0.000000272. The number of aromatic nitrogens is 6. The van der Waals surface area contributed by atoms with Crippen molar-refractivity contribution >= 4 is 37.3 Å². The molecule has 0 aliphatic heterocycles. The van der Waals surface area contributed by atoms with E-state index < -0.39 is 41.0 Å². The maximum atomic E-state index is 8.49. The summed E-state index contributed by atoms with van der Waals surface area (Å²) >= 11 is 0. The molecule has 40 heteroatoms. The van der Waals surface area contributed by atoms with Gasteiger partial charge >= 0.3 is 34.1 Å². The normalized spacial score (nSPS) is 12.6. The largest absolute Gasteiger partial charge is 2.00 e. The monoisotopic (exact) mass is 2170 g/mol. The minimum absolute atomic E-state index is 0. The van der Waals surface area contributed by atoms with Crippen LogP contribution in [0.3, 0.4) is 0 Å². The van der Waals surface area contributed by atoms with Crippen molar-refractivity contribution in [1.29, 1.82) is 0 Å². The van der Waals surface area contributed by atoms with E-state index in [-0.39, 0.29) is 70.4 Å². The van der Waals surface area contributed by atoms with Crippen molar-refractivity contribution < 1.29 is 178 Å². The van der Waals surface area contributed by atoms with Gasteiger partial charge in [0.1, 0.15) is 0 Å². The number of ether oxygens (including phenoxy) is 6. The Morgan fingerprint density at radius 2 is 0.291 bits per heavy atom. The molecular weight excluding hydrogens is 2070 g/mol. The van der Waals surface area contributed by atoms with E-state index in [1.54, 1.807) is 37.2 Å². The molecule has 148 heavy (non-hydrogen) atoms. The minimum atomic E-state index is -4.94. The Labute approximate surface area is 886 Å². The third kappa shape index (κ3) is 56.4. The SMILES string of the molecule is C(=N[C@@H](COCc1ccc(COC[C@H](N=Cc2ccccn2)c2ccccc2)cc1)c1ccccc1)c1ccccn1.C(=N[C@@H](COCc1ccc(COC[C@H](N=Cc2ccccn2)c2ccccc2)cc1)c1ccccc1)c1ccccn1.C(=N[C@@H](COCc1ccc(COC[C@H](N=Cc2ccccn2)c2ccccc2)cc1)c1ccccc1)c1ccccn1.[Fe+2].[Fe+2].[O-][Cl+3]([O-])([O-])[O-].[O-][Cl+3]([O-])([O-])[O-].[O-][Cl+3]([O-])([O-])[O-].[O-][Cl+3]([O-])([O-])[O-]. The van der Waals surface area contributed by atoms with Gasteiger partial charge in [-0.1, -0.05) is 291 Å². The summed E-state index contributed by atoms with van der Waals surface area (Å²) < 4.78 is 173. The summed E-state index contributed by atoms with van der Waals surface area (Å²) in [6.45, 7) is 5.83. The van der Waals surface area contributed by atoms with Gasteiger partial charge < -0.3 is 28.4 Å². The van der Waals surface area contributed by atoms with Crippen molar-refractivity contribution in [2.24, 2.45) is 30.0 Å². The number of hydrogen-bond acceptors (Lipinski definition) is 34. The summed E-state index contributed by atoms with van der Waals surface area (Å²) in [6, 6.07) is 120. The molecule has 0 spiro atoms. The minimum Gasteiger partial charge on any atom is -0.374 e. The Hall–Kier alpha value is -12.8. The number of hydrogen-bond donors (Lipinski definition) is 0. The van der Waals surface area contributed by atoms with Gasteiger partial charge in [0.2, 0.25) is 0 Å². The smallest absolute Gasteiger partial charge is 0.374 e. The van der Waals surface area contributed by atoms with Gasteiger partial charge in [0.15, 0.2) is 0 Å². The van der Waals surface area contributed by atoms with Crippen molar-refractivity contribution in [2.45, 2.75) is 75.9 Å². The second-order valence-corrected chi connectivity index (χ2v) is 33.8. The zero-order valence-corrected chi connectivity index (χ0v) is 84.3. The maximum absolute atomic E-state index is 8.49. The molecular formula is C108H102Cl4Fe2N12O22. The Kier molecular flexibility index (Phi) is 57.3. The summed E-state index contributed by atoms with van der Waals surface area (Å²) in [7, 11) is -19.8. The van der Waals surface area contributed by atoms with Crippen molar-refractivity contribution in [1.82, 2.24) is 29.9 Å². The van der Waals surface area contributed by atoms with Crippen LogP contribution in [0, 0.1) is 41.0 Å². The van der Waals surface area contributed by atoms with Crippen LogP contribution in [0.15, 0.2) is 431 Å². The summed E-state index contributed by atoms with van der Waals surface area (Å²) in [5.41, 5.74) is 18.2. The zero-order valence-electron chi connectivity index (χ0n) is 79.1. The number of benzene rings is 9. The first-order chi connectivity index (χ1) is 70.5. The predicted molar refractivity (Wildman–Crippen MR) is 503 cm³/mol. The quantitative estimate of drug-likeness (QED) is 0.0392. The molecule has 0 unspecified atom stereocenters. The van der Waals surface area contributed by atoms with Crippen LogP contribution in [0.5, 0.6) is 0 Å². The van der Waals surface area contributed by atoms with Crippen LogP contribution in [0.1, 0.15) is 137 Å². The number of aliphatic imine (C=N–C) groups is 6. The van der Waals surface area contributed by atoms with E-state index in [1.165, 1.54) is 0 Å². The van der Waals surface area contributed by atoms with Gasteiger partial charge in [0.25, 0.3) is 0 Å². The van der Waals surface area contributed by atoms with E-state index >= 15 is 0 Å². The van der Waals surface area contributed by atoms with Gasteiger partial charge in [-0.25, -0.2) is 74.5 Å². The first kappa shape index (κ1) is 122. The molecule has 0 amide bonds. The fourth-order valence-electron chi connectivity index (χ4n) is 13.0.